The Morgan fingerprint density at radius 2 is 1.97 bits per heavy atom. The maximum absolute atomic E-state index is 12.8. The summed E-state index contributed by atoms with van der Waals surface area (Å²) < 4.78 is 7.69. The fraction of sp³-hybridized carbons (Fsp3) is 0.520. The van der Waals surface area contributed by atoms with Crippen molar-refractivity contribution in [1.82, 2.24) is 25.0 Å². The van der Waals surface area contributed by atoms with Crippen molar-refractivity contribution in [3.05, 3.63) is 63.2 Å². The summed E-state index contributed by atoms with van der Waals surface area (Å²) in [6.45, 7) is 7.32. The van der Waals surface area contributed by atoms with Gasteiger partial charge in [-0.2, -0.15) is 5.10 Å². The fourth-order valence-corrected chi connectivity index (χ4v) is 5.17. The van der Waals surface area contributed by atoms with Gasteiger partial charge in [-0.25, -0.2) is 0 Å². The molecule has 5 rings (SSSR count). The number of pyridine rings is 1. The van der Waals surface area contributed by atoms with Crippen LogP contribution in [0.5, 0.6) is 0 Å². The minimum atomic E-state index is 0.00743. The average molecular weight is 436 g/mol. The smallest absolute Gasteiger partial charge is 0.252 e. The van der Waals surface area contributed by atoms with E-state index in [1.165, 1.54) is 42.1 Å². The van der Waals surface area contributed by atoms with Gasteiger partial charge in [-0.05, 0) is 43.0 Å². The first-order valence-electron chi connectivity index (χ1n) is 11.9. The van der Waals surface area contributed by atoms with Crippen LogP contribution in [0.25, 0.3) is 10.9 Å². The van der Waals surface area contributed by atoms with Gasteiger partial charge in [0.05, 0.1) is 31.0 Å². The molecule has 1 aliphatic heterocycles. The van der Waals surface area contributed by atoms with E-state index in [4.69, 9.17) is 9.84 Å². The second-order valence-corrected chi connectivity index (χ2v) is 9.15. The molecule has 1 aliphatic carbocycles. The summed E-state index contributed by atoms with van der Waals surface area (Å²) in [5, 5.41) is 9.46. The Bertz CT molecular complexity index is 1120. The van der Waals surface area contributed by atoms with E-state index in [-0.39, 0.29) is 5.56 Å². The van der Waals surface area contributed by atoms with Crippen molar-refractivity contribution in [2.24, 2.45) is 0 Å². The van der Waals surface area contributed by atoms with Crippen LogP contribution in [0.2, 0.25) is 0 Å². The zero-order chi connectivity index (χ0) is 21.9. The van der Waals surface area contributed by atoms with Crippen LogP contribution in [-0.4, -0.2) is 46.0 Å². The van der Waals surface area contributed by atoms with E-state index in [9.17, 15) is 4.79 Å². The summed E-state index contributed by atoms with van der Waals surface area (Å²) in [4.78, 5) is 18.1. The normalized spacial score (nSPS) is 18.0. The summed E-state index contributed by atoms with van der Waals surface area (Å²) in [6, 6.07) is 9.10. The number of nitrogens with one attached hydrogen (secondary N) is 2. The van der Waals surface area contributed by atoms with E-state index in [1.54, 1.807) is 0 Å². The van der Waals surface area contributed by atoms with Crippen molar-refractivity contribution in [3.63, 3.8) is 0 Å². The van der Waals surface area contributed by atoms with Crippen LogP contribution in [0, 0.1) is 6.92 Å². The molecule has 0 unspecified atom stereocenters. The number of aromatic nitrogens is 3. The third-order valence-corrected chi connectivity index (χ3v) is 6.88. The van der Waals surface area contributed by atoms with E-state index >= 15 is 0 Å². The lowest BCUT2D eigenvalue weighted by Crippen LogP contribution is -2.36. The van der Waals surface area contributed by atoms with Gasteiger partial charge in [-0.3, -0.25) is 14.4 Å². The molecule has 1 aromatic carbocycles. The Labute approximate surface area is 188 Å². The molecule has 0 amide bonds. The first-order chi connectivity index (χ1) is 15.7. The maximum Gasteiger partial charge on any atom is 0.252 e. The highest BCUT2D eigenvalue weighted by Gasteiger charge is 2.20. The molecule has 32 heavy (non-hydrogen) atoms. The van der Waals surface area contributed by atoms with Gasteiger partial charge in [-0.15, -0.1) is 0 Å². The van der Waals surface area contributed by atoms with E-state index < -0.39 is 0 Å². The molecule has 1 saturated carbocycles. The first-order valence-corrected chi connectivity index (χ1v) is 11.9. The molecule has 0 radical (unpaired) electrons. The van der Waals surface area contributed by atoms with Gasteiger partial charge < -0.3 is 15.0 Å². The molecule has 3 heterocycles. The number of aromatic amines is 1. The average Bonchev–Trinajstić information content (AvgIpc) is 3.46. The third-order valence-electron chi connectivity index (χ3n) is 6.88. The molecule has 0 atom stereocenters. The van der Waals surface area contributed by atoms with Gasteiger partial charge in [0, 0.05) is 49.4 Å². The second-order valence-electron chi connectivity index (χ2n) is 9.15. The van der Waals surface area contributed by atoms with Gasteiger partial charge in [-0.1, -0.05) is 25.0 Å². The number of benzene rings is 1. The Morgan fingerprint density at radius 3 is 2.78 bits per heavy atom. The lowest BCUT2D eigenvalue weighted by molar-refractivity contribution is 0.0340. The van der Waals surface area contributed by atoms with Crippen LogP contribution in [0.4, 0.5) is 0 Å². The quantitative estimate of drug-likeness (QED) is 0.596. The van der Waals surface area contributed by atoms with Crippen molar-refractivity contribution < 1.29 is 4.74 Å². The van der Waals surface area contributed by atoms with Crippen LogP contribution in [0.15, 0.2) is 35.3 Å². The summed E-state index contributed by atoms with van der Waals surface area (Å²) in [5.74, 6) is 0. The van der Waals surface area contributed by atoms with E-state index in [2.05, 4.69) is 44.1 Å². The number of H-pyrrole nitrogens is 1. The molecule has 2 fully saturated rings. The number of ether oxygens (including phenoxy) is 1. The highest BCUT2D eigenvalue weighted by Crippen LogP contribution is 2.32. The molecule has 170 valence electrons. The number of aryl methyl sites for hydroxylation is 1. The number of fused-ring (bicyclic) bond motifs is 1. The first kappa shape index (κ1) is 21.4. The molecule has 7 nitrogen and oxygen atoms in total. The molecule has 1 saturated heterocycles. The monoisotopic (exact) mass is 435 g/mol. The molecule has 2 aliphatic rings. The SMILES string of the molecule is Cc1cc(CN2CCOCC2)c(CNCc2cccc3c2cnn3C2CCCC2)c(=O)[nH]1. The Balaban J connectivity index is 1.31. The lowest BCUT2D eigenvalue weighted by atomic mass is 10.1. The predicted octanol–water partition coefficient (Wildman–Crippen LogP) is 3.27. The van der Waals surface area contributed by atoms with E-state index in [0.717, 1.165) is 49.7 Å². The number of hydrogen-bond acceptors (Lipinski definition) is 5. The van der Waals surface area contributed by atoms with E-state index in [0.29, 0.717) is 19.1 Å². The number of hydrogen-bond donors (Lipinski definition) is 2. The summed E-state index contributed by atoms with van der Waals surface area (Å²) in [5.41, 5.74) is 5.30. The standard InChI is InChI=1S/C25H33N5O2/c1-18-13-20(17-29-9-11-32-12-10-29)23(25(31)28-18)15-26-14-19-5-4-8-24-22(19)16-27-30(24)21-6-2-3-7-21/h4-5,8,13,16,21,26H,2-3,6-7,9-12,14-15,17H2,1H3,(H,28,31). The number of nitrogens with zero attached hydrogens (tertiary/aromatic N) is 3. The molecular weight excluding hydrogens is 402 g/mol. The molecule has 0 spiro atoms. The molecule has 0 bridgehead atoms. The Hall–Kier alpha value is -2.48. The van der Waals surface area contributed by atoms with Crippen molar-refractivity contribution >= 4 is 10.9 Å². The highest BCUT2D eigenvalue weighted by atomic mass is 16.5. The fourth-order valence-electron chi connectivity index (χ4n) is 5.17. The van der Waals surface area contributed by atoms with Gasteiger partial charge in [0.2, 0.25) is 0 Å². The number of rotatable bonds is 7. The zero-order valence-electron chi connectivity index (χ0n) is 18.9. The Morgan fingerprint density at radius 1 is 1.16 bits per heavy atom. The van der Waals surface area contributed by atoms with Crippen molar-refractivity contribution in [2.75, 3.05) is 26.3 Å². The van der Waals surface area contributed by atoms with Gasteiger partial charge >= 0.3 is 0 Å². The van der Waals surface area contributed by atoms with Crippen molar-refractivity contribution in [1.29, 1.82) is 0 Å². The predicted molar refractivity (Wildman–Crippen MR) is 126 cm³/mol. The molecule has 2 N–H and O–H groups in total. The summed E-state index contributed by atoms with van der Waals surface area (Å²) >= 11 is 0. The summed E-state index contributed by atoms with van der Waals surface area (Å²) in [7, 11) is 0. The topological polar surface area (TPSA) is 75.2 Å². The second kappa shape index (κ2) is 9.57. The van der Waals surface area contributed by atoms with Crippen LogP contribution < -0.4 is 10.9 Å². The van der Waals surface area contributed by atoms with Crippen LogP contribution in [0.3, 0.4) is 0 Å². The minimum absolute atomic E-state index is 0.00743. The largest absolute Gasteiger partial charge is 0.379 e. The van der Waals surface area contributed by atoms with Crippen molar-refractivity contribution in [2.45, 2.75) is 58.3 Å². The third kappa shape index (κ3) is 4.51. The lowest BCUT2D eigenvalue weighted by Gasteiger charge is -2.27. The Kier molecular flexibility index (Phi) is 6.39. The van der Waals surface area contributed by atoms with Gasteiger partial charge in [0.25, 0.3) is 5.56 Å². The van der Waals surface area contributed by atoms with Gasteiger partial charge in [0.1, 0.15) is 0 Å². The zero-order valence-corrected chi connectivity index (χ0v) is 18.9. The van der Waals surface area contributed by atoms with Gasteiger partial charge in [0.15, 0.2) is 0 Å². The molecular formula is C25H33N5O2. The van der Waals surface area contributed by atoms with E-state index in [1.807, 2.05) is 13.1 Å². The van der Waals surface area contributed by atoms with Crippen LogP contribution >= 0.6 is 0 Å². The number of morpholine rings is 1. The molecule has 3 aromatic rings. The molecule has 2 aromatic heterocycles. The van der Waals surface area contributed by atoms with Crippen LogP contribution in [0.1, 0.15) is 54.1 Å². The summed E-state index contributed by atoms with van der Waals surface area (Å²) in [6.07, 6.45) is 7.05. The highest BCUT2D eigenvalue weighted by molar-refractivity contribution is 5.82. The van der Waals surface area contributed by atoms with Crippen molar-refractivity contribution in [3.8, 4) is 0 Å². The maximum atomic E-state index is 12.8. The minimum Gasteiger partial charge on any atom is -0.379 e. The molecule has 7 heteroatoms. The van der Waals surface area contributed by atoms with Crippen LogP contribution in [-0.2, 0) is 24.4 Å².